The number of nitro groups is 1. The molecule has 3 rings (SSSR count). The summed E-state index contributed by atoms with van der Waals surface area (Å²) in [4.78, 5) is 10.6. The van der Waals surface area contributed by atoms with Crippen LogP contribution in [0.15, 0.2) is 23.1 Å². The fourth-order valence-electron chi connectivity index (χ4n) is 3.15. The number of nitro benzene ring substituents is 1. The van der Waals surface area contributed by atoms with E-state index in [4.69, 9.17) is 0 Å². The lowest BCUT2D eigenvalue weighted by Crippen LogP contribution is -2.28. The van der Waals surface area contributed by atoms with Gasteiger partial charge in [0.05, 0.1) is 21.3 Å². The van der Waals surface area contributed by atoms with Gasteiger partial charge in [0.25, 0.3) is 5.69 Å². The van der Waals surface area contributed by atoms with Crippen LogP contribution in [0, 0.1) is 10.1 Å². The minimum absolute atomic E-state index is 0.0416. The van der Waals surface area contributed by atoms with Crippen LogP contribution >= 0.6 is 0 Å². The van der Waals surface area contributed by atoms with Crippen LogP contribution in [0.2, 0.25) is 0 Å². The number of sulfonamides is 1. The van der Waals surface area contributed by atoms with Gasteiger partial charge < -0.3 is 5.32 Å². The normalized spacial score (nSPS) is 23.6. The number of rotatable bonds is 5. The Morgan fingerprint density at radius 2 is 1.92 bits per heavy atom. The third-order valence-electron chi connectivity index (χ3n) is 4.46. The molecule has 11 heteroatoms. The molecule has 2 heterocycles. The highest BCUT2D eigenvalue weighted by molar-refractivity contribution is 7.91. The van der Waals surface area contributed by atoms with Crippen LogP contribution in [-0.2, 0) is 19.9 Å². The summed E-state index contributed by atoms with van der Waals surface area (Å²) < 4.78 is 49.5. The van der Waals surface area contributed by atoms with Crippen molar-refractivity contribution in [1.29, 1.82) is 0 Å². The van der Waals surface area contributed by atoms with Gasteiger partial charge >= 0.3 is 0 Å². The molecule has 2 fully saturated rings. The monoisotopic (exact) mass is 389 g/mol. The van der Waals surface area contributed by atoms with E-state index in [1.165, 1.54) is 16.4 Å². The van der Waals surface area contributed by atoms with Crippen molar-refractivity contribution < 1.29 is 21.8 Å². The zero-order valence-corrected chi connectivity index (χ0v) is 15.1. The molecule has 2 saturated heterocycles. The molecular weight excluding hydrogens is 370 g/mol. The van der Waals surface area contributed by atoms with Gasteiger partial charge in [-0.15, -0.1) is 0 Å². The van der Waals surface area contributed by atoms with E-state index < -0.39 is 30.8 Å². The quantitative estimate of drug-likeness (QED) is 0.587. The van der Waals surface area contributed by atoms with E-state index in [1.54, 1.807) is 0 Å². The lowest BCUT2D eigenvalue weighted by molar-refractivity contribution is -0.384. The number of hydrogen-bond acceptors (Lipinski definition) is 7. The molecule has 0 radical (unpaired) electrons. The van der Waals surface area contributed by atoms with Gasteiger partial charge in [0.2, 0.25) is 10.0 Å². The predicted molar refractivity (Wildman–Crippen MR) is 91.8 cm³/mol. The van der Waals surface area contributed by atoms with Crippen molar-refractivity contribution in [3.63, 3.8) is 0 Å². The van der Waals surface area contributed by atoms with Gasteiger partial charge in [0, 0.05) is 25.2 Å². The van der Waals surface area contributed by atoms with Crippen LogP contribution in [-0.4, -0.2) is 56.7 Å². The van der Waals surface area contributed by atoms with Crippen LogP contribution in [0.4, 0.5) is 11.4 Å². The minimum atomic E-state index is -3.75. The second-order valence-electron chi connectivity index (χ2n) is 6.29. The highest BCUT2D eigenvalue weighted by Crippen LogP contribution is 2.31. The van der Waals surface area contributed by atoms with Gasteiger partial charge in [-0.2, -0.15) is 4.31 Å². The molecule has 0 amide bonds. The largest absolute Gasteiger partial charge is 0.376 e. The Labute approximate surface area is 146 Å². The first-order chi connectivity index (χ1) is 11.7. The Morgan fingerprint density at radius 3 is 2.48 bits per heavy atom. The van der Waals surface area contributed by atoms with Gasteiger partial charge in [0.15, 0.2) is 9.84 Å². The summed E-state index contributed by atoms with van der Waals surface area (Å²) in [6, 6.07) is 3.29. The van der Waals surface area contributed by atoms with Crippen molar-refractivity contribution in [2.75, 3.05) is 29.9 Å². The smallest absolute Gasteiger partial charge is 0.293 e. The van der Waals surface area contributed by atoms with Crippen LogP contribution in [0.25, 0.3) is 0 Å². The van der Waals surface area contributed by atoms with Gasteiger partial charge in [-0.05, 0) is 31.4 Å². The minimum Gasteiger partial charge on any atom is -0.376 e. The fraction of sp³-hybridized carbons (Fsp3) is 0.571. The first-order valence-corrected chi connectivity index (χ1v) is 11.2. The average Bonchev–Trinajstić information content (AvgIpc) is 3.17. The van der Waals surface area contributed by atoms with Gasteiger partial charge in [-0.25, -0.2) is 16.8 Å². The Morgan fingerprint density at radius 1 is 1.24 bits per heavy atom. The van der Waals surface area contributed by atoms with Crippen LogP contribution in [0.5, 0.6) is 0 Å². The molecule has 138 valence electrons. The molecule has 1 aromatic rings. The van der Waals surface area contributed by atoms with Crippen LogP contribution in [0.1, 0.15) is 19.3 Å². The number of nitrogens with one attached hydrogen (secondary N) is 1. The second-order valence-corrected chi connectivity index (χ2v) is 10.5. The maximum absolute atomic E-state index is 12.6. The molecule has 1 unspecified atom stereocenters. The van der Waals surface area contributed by atoms with Crippen molar-refractivity contribution in [3.05, 3.63) is 28.3 Å². The summed E-state index contributed by atoms with van der Waals surface area (Å²) in [7, 11) is -6.88. The van der Waals surface area contributed by atoms with Crippen LogP contribution < -0.4 is 5.32 Å². The van der Waals surface area contributed by atoms with Crippen molar-refractivity contribution >= 4 is 31.2 Å². The van der Waals surface area contributed by atoms with E-state index in [2.05, 4.69) is 5.32 Å². The Bertz CT molecular complexity index is 891. The van der Waals surface area contributed by atoms with E-state index in [0.29, 0.717) is 19.5 Å². The number of anilines is 1. The first kappa shape index (κ1) is 18.1. The van der Waals surface area contributed by atoms with E-state index in [0.717, 1.165) is 18.9 Å². The molecule has 1 atom stereocenters. The summed E-state index contributed by atoms with van der Waals surface area (Å²) in [6.07, 6.45) is 1.92. The Balaban J connectivity index is 1.90. The Hall–Kier alpha value is -1.72. The molecule has 0 aliphatic carbocycles. The lowest BCUT2D eigenvalue weighted by Gasteiger charge is -2.17. The molecule has 9 nitrogen and oxygen atoms in total. The average molecular weight is 389 g/mol. The third kappa shape index (κ3) is 3.77. The molecule has 0 saturated carbocycles. The first-order valence-electron chi connectivity index (χ1n) is 7.95. The molecule has 2 aliphatic heterocycles. The van der Waals surface area contributed by atoms with Gasteiger partial charge in [-0.1, -0.05) is 0 Å². The fourth-order valence-corrected chi connectivity index (χ4v) is 6.36. The standard InChI is InChI=1S/C14H19N3O6S2/c18-17(19)14-9-12(25(22,23)16-6-1-2-7-16)3-4-13(14)15-11-5-8-24(20,21)10-11/h3-4,9,11,15H,1-2,5-8,10H2. The zero-order valence-electron chi connectivity index (χ0n) is 13.4. The third-order valence-corrected chi connectivity index (χ3v) is 8.12. The topological polar surface area (TPSA) is 127 Å². The lowest BCUT2D eigenvalue weighted by atomic mass is 10.2. The number of benzene rings is 1. The molecule has 0 aromatic heterocycles. The predicted octanol–water partition coefficient (Wildman–Crippen LogP) is 0.978. The van der Waals surface area contributed by atoms with Gasteiger partial charge in [-0.3, -0.25) is 10.1 Å². The number of hydrogen-bond donors (Lipinski definition) is 1. The molecule has 0 spiro atoms. The van der Waals surface area contributed by atoms with Gasteiger partial charge in [0.1, 0.15) is 5.69 Å². The van der Waals surface area contributed by atoms with E-state index in [-0.39, 0.29) is 27.8 Å². The number of nitrogens with zero attached hydrogens (tertiary/aromatic N) is 2. The molecular formula is C14H19N3O6S2. The molecule has 0 bridgehead atoms. The SMILES string of the molecule is O=[N+]([O-])c1cc(S(=O)(=O)N2CCCC2)ccc1NC1CCS(=O)(=O)C1. The second kappa shape index (κ2) is 6.54. The molecule has 1 aromatic carbocycles. The van der Waals surface area contributed by atoms with Crippen molar-refractivity contribution in [1.82, 2.24) is 4.31 Å². The summed E-state index contributed by atoms with van der Waals surface area (Å²) in [5.41, 5.74) is -0.239. The summed E-state index contributed by atoms with van der Waals surface area (Å²) >= 11 is 0. The summed E-state index contributed by atoms with van der Waals surface area (Å²) in [6.45, 7) is 0.826. The molecule has 2 aliphatic rings. The summed E-state index contributed by atoms with van der Waals surface area (Å²) in [5, 5.41) is 14.2. The summed E-state index contributed by atoms with van der Waals surface area (Å²) in [5.74, 6) is -0.0438. The number of sulfone groups is 1. The van der Waals surface area contributed by atoms with Crippen molar-refractivity contribution in [2.24, 2.45) is 0 Å². The van der Waals surface area contributed by atoms with E-state index >= 15 is 0 Å². The van der Waals surface area contributed by atoms with E-state index in [9.17, 15) is 26.9 Å². The van der Waals surface area contributed by atoms with Crippen molar-refractivity contribution in [2.45, 2.75) is 30.2 Å². The van der Waals surface area contributed by atoms with Crippen LogP contribution in [0.3, 0.4) is 0 Å². The maximum Gasteiger partial charge on any atom is 0.293 e. The van der Waals surface area contributed by atoms with E-state index in [1.807, 2.05) is 0 Å². The highest BCUT2D eigenvalue weighted by Gasteiger charge is 2.32. The molecule has 1 N–H and O–H groups in total. The zero-order chi connectivity index (χ0) is 18.2. The molecule has 25 heavy (non-hydrogen) atoms. The Kier molecular flexibility index (Phi) is 4.73. The highest BCUT2D eigenvalue weighted by atomic mass is 32.2. The van der Waals surface area contributed by atoms with Crippen molar-refractivity contribution in [3.8, 4) is 0 Å². The maximum atomic E-state index is 12.6.